The van der Waals surface area contributed by atoms with Crippen molar-refractivity contribution in [2.75, 3.05) is 13.1 Å². The number of carboxylic acids is 1. The molecule has 0 saturated carbocycles. The lowest BCUT2D eigenvalue weighted by molar-refractivity contribution is -0.156. The van der Waals surface area contributed by atoms with Crippen LogP contribution < -0.4 is 0 Å². The summed E-state index contributed by atoms with van der Waals surface area (Å²) >= 11 is 0. The first-order chi connectivity index (χ1) is 7.91. The molecule has 0 aliphatic carbocycles. The van der Waals surface area contributed by atoms with Crippen molar-refractivity contribution in [1.29, 1.82) is 0 Å². The molecule has 1 amide bonds. The van der Waals surface area contributed by atoms with Gasteiger partial charge < -0.3 is 10.0 Å². The lowest BCUT2D eigenvalue weighted by Gasteiger charge is -2.38. The first kappa shape index (κ1) is 13.6. The van der Waals surface area contributed by atoms with Crippen molar-refractivity contribution in [1.82, 2.24) is 4.90 Å². The number of rotatable bonds is 4. The zero-order valence-corrected chi connectivity index (χ0v) is 9.36. The van der Waals surface area contributed by atoms with E-state index in [1.807, 2.05) is 0 Å². The van der Waals surface area contributed by atoms with Crippen LogP contribution in [0.3, 0.4) is 0 Å². The molecule has 1 saturated heterocycles. The van der Waals surface area contributed by atoms with Crippen molar-refractivity contribution in [3.8, 4) is 0 Å². The van der Waals surface area contributed by atoms with Gasteiger partial charge in [0, 0.05) is 19.5 Å². The van der Waals surface area contributed by atoms with E-state index >= 15 is 0 Å². The molecular weight excluding hydrogens is 232 g/mol. The minimum absolute atomic E-state index is 0.0618. The first-order valence-electron chi connectivity index (χ1n) is 5.34. The molecule has 0 spiro atoms. The Balaban J connectivity index is 2.71. The summed E-state index contributed by atoms with van der Waals surface area (Å²) in [7, 11) is 0. The van der Waals surface area contributed by atoms with Crippen LogP contribution in [0, 0.1) is 5.41 Å². The molecule has 4 nitrogen and oxygen atoms in total. The molecular formula is C11H15F2NO3. The second-order valence-corrected chi connectivity index (χ2v) is 4.21. The van der Waals surface area contributed by atoms with Gasteiger partial charge in [0.15, 0.2) is 0 Å². The number of amides is 1. The number of halogens is 2. The predicted octanol–water partition coefficient (Wildman–Crippen LogP) is 1.52. The molecule has 1 aliphatic rings. The number of nitrogens with zero attached hydrogens (tertiary/aromatic N) is 1. The normalized spacial score (nSPS) is 19.1. The monoisotopic (exact) mass is 247 g/mol. The summed E-state index contributed by atoms with van der Waals surface area (Å²) in [6, 6.07) is 0. The van der Waals surface area contributed by atoms with Gasteiger partial charge in [0.05, 0.1) is 5.41 Å². The van der Waals surface area contributed by atoms with Crippen molar-refractivity contribution < 1.29 is 23.5 Å². The van der Waals surface area contributed by atoms with Crippen LogP contribution in [0.15, 0.2) is 12.7 Å². The summed E-state index contributed by atoms with van der Waals surface area (Å²) in [5, 5.41) is 9.06. The summed E-state index contributed by atoms with van der Waals surface area (Å²) in [6.45, 7) is 3.70. The molecule has 0 aromatic heterocycles. The Morgan fingerprint density at radius 2 is 1.94 bits per heavy atom. The van der Waals surface area contributed by atoms with Gasteiger partial charge in [-0.15, -0.1) is 0 Å². The number of aliphatic carboxylic acids is 1. The fourth-order valence-corrected chi connectivity index (χ4v) is 2.08. The van der Waals surface area contributed by atoms with Crippen LogP contribution >= 0.6 is 0 Å². The predicted molar refractivity (Wildman–Crippen MR) is 56.7 cm³/mol. The quantitative estimate of drug-likeness (QED) is 0.766. The second-order valence-electron chi connectivity index (χ2n) is 4.21. The number of carbonyl (C=O) groups excluding carboxylic acids is 1. The standard InChI is InChI=1S/C11H15F2NO3/c1-2-9(15)14-5-3-11(4-6-14,10(16)17)7-8(12)13/h2,8H,1,3-7H2,(H,16,17). The average molecular weight is 247 g/mol. The maximum absolute atomic E-state index is 12.4. The van der Waals surface area contributed by atoms with Crippen LogP contribution in [0.2, 0.25) is 0 Å². The molecule has 0 radical (unpaired) electrons. The Morgan fingerprint density at radius 3 is 2.29 bits per heavy atom. The van der Waals surface area contributed by atoms with E-state index in [0.717, 1.165) is 6.08 Å². The third kappa shape index (κ3) is 3.01. The van der Waals surface area contributed by atoms with E-state index in [4.69, 9.17) is 5.11 Å². The highest BCUT2D eigenvalue weighted by Crippen LogP contribution is 2.37. The van der Waals surface area contributed by atoms with Crippen molar-refractivity contribution in [2.45, 2.75) is 25.7 Å². The highest BCUT2D eigenvalue weighted by atomic mass is 19.3. The summed E-state index contributed by atoms with van der Waals surface area (Å²) in [5.74, 6) is -1.50. The zero-order valence-electron chi connectivity index (χ0n) is 9.36. The Hall–Kier alpha value is -1.46. The van der Waals surface area contributed by atoms with Crippen LogP contribution in [0.5, 0.6) is 0 Å². The molecule has 0 bridgehead atoms. The van der Waals surface area contributed by atoms with E-state index in [0.29, 0.717) is 0 Å². The smallest absolute Gasteiger partial charge is 0.309 e. The van der Waals surface area contributed by atoms with Gasteiger partial charge in [0.1, 0.15) is 0 Å². The largest absolute Gasteiger partial charge is 0.481 e. The molecule has 1 N–H and O–H groups in total. The van der Waals surface area contributed by atoms with Gasteiger partial charge in [0.2, 0.25) is 12.3 Å². The topological polar surface area (TPSA) is 57.6 Å². The van der Waals surface area contributed by atoms with E-state index in [9.17, 15) is 18.4 Å². The van der Waals surface area contributed by atoms with Gasteiger partial charge in [0.25, 0.3) is 0 Å². The lowest BCUT2D eigenvalue weighted by Crippen LogP contribution is -2.46. The maximum atomic E-state index is 12.4. The van der Waals surface area contributed by atoms with Crippen LogP contribution in [0.1, 0.15) is 19.3 Å². The number of alkyl halides is 2. The number of likely N-dealkylation sites (tertiary alicyclic amines) is 1. The Kier molecular flexibility index (Phi) is 4.20. The van der Waals surface area contributed by atoms with Crippen LogP contribution in [0.25, 0.3) is 0 Å². The highest BCUT2D eigenvalue weighted by molar-refractivity contribution is 5.87. The lowest BCUT2D eigenvalue weighted by atomic mass is 9.76. The molecule has 1 aliphatic heterocycles. The number of carboxylic acid groups (broad SMARTS) is 1. The van der Waals surface area contributed by atoms with Crippen molar-refractivity contribution in [3.63, 3.8) is 0 Å². The fourth-order valence-electron chi connectivity index (χ4n) is 2.08. The molecule has 0 unspecified atom stereocenters. The highest BCUT2D eigenvalue weighted by Gasteiger charge is 2.44. The molecule has 0 aromatic rings. The third-order valence-corrected chi connectivity index (χ3v) is 3.21. The number of piperidine rings is 1. The summed E-state index contributed by atoms with van der Waals surface area (Å²) < 4.78 is 24.8. The van der Waals surface area contributed by atoms with Gasteiger partial charge in [-0.1, -0.05) is 6.58 Å². The van der Waals surface area contributed by atoms with Crippen molar-refractivity contribution in [2.24, 2.45) is 5.41 Å². The van der Waals surface area contributed by atoms with Crippen molar-refractivity contribution >= 4 is 11.9 Å². The number of hydrogen-bond donors (Lipinski definition) is 1. The van der Waals surface area contributed by atoms with E-state index < -0.39 is 24.2 Å². The molecule has 17 heavy (non-hydrogen) atoms. The van der Waals surface area contributed by atoms with Crippen LogP contribution in [0.4, 0.5) is 8.78 Å². The minimum atomic E-state index is -2.65. The average Bonchev–Trinajstić information content (AvgIpc) is 2.28. The van der Waals surface area contributed by atoms with E-state index in [1.165, 1.54) is 4.90 Å². The second kappa shape index (κ2) is 5.25. The first-order valence-corrected chi connectivity index (χ1v) is 5.34. The number of hydrogen-bond acceptors (Lipinski definition) is 2. The van der Waals surface area contributed by atoms with Gasteiger partial charge in [-0.05, 0) is 18.9 Å². The maximum Gasteiger partial charge on any atom is 0.309 e. The molecule has 1 heterocycles. The van der Waals surface area contributed by atoms with Crippen LogP contribution in [-0.4, -0.2) is 41.4 Å². The van der Waals surface area contributed by atoms with Crippen LogP contribution in [-0.2, 0) is 9.59 Å². The Bertz CT molecular complexity index is 323. The van der Waals surface area contributed by atoms with Gasteiger partial charge in [-0.3, -0.25) is 9.59 Å². The third-order valence-electron chi connectivity index (χ3n) is 3.21. The molecule has 1 rings (SSSR count). The molecule has 0 aromatic carbocycles. The minimum Gasteiger partial charge on any atom is -0.481 e. The van der Waals surface area contributed by atoms with Gasteiger partial charge >= 0.3 is 5.97 Å². The Labute approximate surface area is 97.9 Å². The fraction of sp³-hybridized carbons (Fsp3) is 0.636. The number of carbonyl (C=O) groups is 2. The summed E-state index contributed by atoms with van der Waals surface area (Å²) in [4.78, 5) is 23.8. The van der Waals surface area contributed by atoms with E-state index in [1.54, 1.807) is 0 Å². The van der Waals surface area contributed by atoms with Gasteiger partial charge in [-0.25, -0.2) is 8.78 Å². The summed E-state index contributed by atoms with van der Waals surface area (Å²) in [5.41, 5.74) is -1.40. The summed E-state index contributed by atoms with van der Waals surface area (Å²) in [6.07, 6.45) is -2.04. The SMILES string of the molecule is C=CC(=O)N1CCC(CC(F)F)(C(=O)O)CC1. The Morgan fingerprint density at radius 1 is 1.41 bits per heavy atom. The molecule has 1 fully saturated rings. The molecule has 96 valence electrons. The zero-order chi connectivity index (χ0) is 13.1. The van der Waals surface area contributed by atoms with Crippen molar-refractivity contribution in [3.05, 3.63) is 12.7 Å². The van der Waals surface area contributed by atoms with E-state index in [-0.39, 0.29) is 31.8 Å². The van der Waals surface area contributed by atoms with E-state index in [2.05, 4.69) is 6.58 Å². The molecule has 0 atom stereocenters. The molecule has 6 heteroatoms. The van der Waals surface area contributed by atoms with Gasteiger partial charge in [-0.2, -0.15) is 0 Å².